The molecule has 1 aliphatic rings. The highest BCUT2D eigenvalue weighted by Crippen LogP contribution is 2.29. The summed E-state index contributed by atoms with van der Waals surface area (Å²) >= 11 is 0. The lowest BCUT2D eigenvalue weighted by Gasteiger charge is -2.21. The van der Waals surface area contributed by atoms with Gasteiger partial charge in [-0.05, 0) is 56.4 Å². The molecule has 24 heavy (non-hydrogen) atoms. The summed E-state index contributed by atoms with van der Waals surface area (Å²) in [6.45, 7) is 0. The van der Waals surface area contributed by atoms with Gasteiger partial charge in [-0.3, -0.25) is 0 Å². The largest absolute Gasteiger partial charge is 0.478 e. The van der Waals surface area contributed by atoms with Crippen LogP contribution in [-0.4, -0.2) is 22.3 Å². The Balaban J connectivity index is 1.67. The van der Waals surface area contributed by atoms with Crippen LogP contribution in [-0.2, 0) is 11.2 Å². The minimum atomic E-state index is -0.854. The molecule has 0 aromatic heterocycles. The molecule has 0 spiro atoms. The molecule has 0 amide bonds. The maximum Gasteiger partial charge on any atom is 0.328 e. The minimum absolute atomic E-state index is 0.364. The molecular formula is C21H28O3. The molecule has 1 aromatic rings. The van der Waals surface area contributed by atoms with Crippen LogP contribution in [0.3, 0.4) is 0 Å². The van der Waals surface area contributed by atoms with Crippen molar-refractivity contribution in [1.29, 1.82) is 0 Å². The third-order valence-electron chi connectivity index (χ3n) is 4.59. The molecule has 1 fully saturated rings. The Kier molecular flexibility index (Phi) is 7.76. The van der Waals surface area contributed by atoms with Crippen molar-refractivity contribution >= 4 is 5.97 Å². The quantitative estimate of drug-likeness (QED) is 0.419. The van der Waals surface area contributed by atoms with Crippen molar-refractivity contribution < 1.29 is 15.0 Å². The number of rotatable bonds is 8. The van der Waals surface area contributed by atoms with Crippen LogP contribution >= 0.6 is 0 Å². The fourth-order valence-corrected chi connectivity index (χ4v) is 3.31. The van der Waals surface area contributed by atoms with Crippen molar-refractivity contribution in [1.82, 2.24) is 0 Å². The predicted molar refractivity (Wildman–Crippen MR) is 96.8 cm³/mol. The van der Waals surface area contributed by atoms with E-state index in [9.17, 15) is 9.90 Å². The number of aliphatic hydroxyl groups is 1. The lowest BCUT2D eigenvalue weighted by molar-refractivity contribution is -0.131. The third kappa shape index (κ3) is 7.14. The summed E-state index contributed by atoms with van der Waals surface area (Å²) in [5, 5.41) is 18.9. The molecule has 3 nitrogen and oxygen atoms in total. The Hall–Kier alpha value is -1.87. The van der Waals surface area contributed by atoms with Gasteiger partial charge in [0.1, 0.15) is 0 Å². The van der Waals surface area contributed by atoms with E-state index in [1.165, 1.54) is 11.6 Å². The predicted octanol–water partition coefficient (Wildman–Crippen LogP) is 4.52. The molecule has 0 radical (unpaired) electrons. The fourth-order valence-electron chi connectivity index (χ4n) is 3.31. The number of unbranched alkanes of at least 4 members (excludes halogenated alkanes) is 1. The summed E-state index contributed by atoms with van der Waals surface area (Å²) in [5.41, 5.74) is 2.36. The molecular weight excluding hydrogens is 300 g/mol. The van der Waals surface area contributed by atoms with Gasteiger partial charge in [-0.1, -0.05) is 54.5 Å². The molecule has 2 rings (SSSR count). The first-order valence-corrected chi connectivity index (χ1v) is 8.96. The van der Waals surface area contributed by atoms with Crippen molar-refractivity contribution in [2.24, 2.45) is 5.92 Å². The van der Waals surface area contributed by atoms with E-state index in [0.29, 0.717) is 5.92 Å². The molecule has 2 N–H and O–H groups in total. The first kappa shape index (κ1) is 18.5. The molecule has 0 bridgehead atoms. The number of carbonyl (C=O) groups is 1. The number of benzene rings is 1. The van der Waals surface area contributed by atoms with Gasteiger partial charge in [0, 0.05) is 6.08 Å². The minimum Gasteiger partial charge on any atom is -0.478 e. The Labute approximate surface area is 144 Å². The second-order valence-corrected chi connectivity index (χ2v) is 6.68. The fraction of sp³-hybridized carbons (Fsp3) is 0.476. The number of carboxylic acids is 1. The molecule has 0 heterocycles. The first-order chi connectivity index (χ1) is 11.6. The van der Waals surface area contributed by atoms with Gasteiger partial charge in [0.2, 0.25) is 0 Å². The third-order valence-corrected chi connectivity index (χ3v) is 4.59. The van der Waals surface area contributed by atoms with E-state index in [1.54, 1.807) is 0 Å². The van der Waals surface area contributed by atoms with Gasteiger partial charge >= 0.3 is 5.97 Å². The SMILES string of the molecule is O=C(O)/C=C1/CCC[C@H](/C=C/[C@@H](O)CCCCc2ccccc2)C1. The zero-order valence-corrected chi connectivity index (χ0v) is 14.2. The van der Waals surface area contributed by atoms with Gasteiger partial charge in [0.15, 0.2) is 0 Å². The molecule has 130 valence electrons. The average Bonchev–Trinajstić information content (AvgIpc) is 2.58. The Morgan fingerprint density at radius 3 is 2.79 bits per heavy atom. The van der Waals surface area contributed by atoms with E-state index < -0.39 is 12.1 Å². The standard InChI is InChI=1S/C21H28O3/c22-20(12-5-4-9-17-7-2-1-3-8-17)14-13-18-10-6-11-19(15-18)16-21(23)24/h1-3,7-8,13-14,16,18,20,22H,4-6,9-12,15H2,(H,23,24)/b14-13+,19-16-/t18-,20+/m1/s1. The van der Waals surface area contributed by atoms with E-state index in [4.69, 9.17) is 5.11 Å². The molecule has 1 saturated carbocycles. The topological polar surface area (TPSA) is 57.5 Å². The van der Waals surface area contributed by atoms with E-state index >= 15 is 0 Å². The Morgan fingerprint density at radius 1 is 1.25 bits per heavy atom. The summed E-state index contributed by atoms with van der Waals surface area (Å²) in [5.74, 6) is -0.489. The highest BCUT2D eigenvalue weighted by Gasteiger charge is 2.15. The normalized spacial score (nSPS) is 21.2. The van der Waals surface area contributed by atoms with Crippen LogP contribution < -0.4 is 0 Å². The molecule has 2 atom stereocenters. The summed E-state index contributed by atoms with van der Waals surface area (Å²) in [6.07, 6.45) is 12.7. The number of aliphatic carboxylic acids is 1. The van der Waals surface area contributed by atoms with E-state index in [0.717, 1.165) is 56.9 Å². The monoisotopic (exact) mass is 328 g/mol. The lowest BCUT2D eigenvalue weighted by Crippen LogP contribution is -2.09. The van der Waals surface area contributed by atoms with Crippen molar-refractivity contribution in [3.63, 3.8) is 0 Å². The molecule has 0 unspecified atom stereocenters. The summed E-state index contributed by atoms with van der Waals surface area (Å²) in [7, 11) is 0. The van der Waals surface area contributed by atoms with Crippen LogP contribution in [0, 0.1) is 5.92 Å². The van der Waals surface area contributed by atoms with E-state index in [2.05, 4.69) is 30.3 Å². The van der Waals surface area contributed by atoms with Crippen LogP contribution in [0.5, 0.6) is 0 Å². The second-order valence-electron chi connectivity index (χ2n) is 6.68. The zero-order valence-electron chi connectivity index (χ0n) is 14.2. The molecule has 0 aliphatic heterocycles. The van der Waals surface area contributed by atoms with Gasteiger partial charge in [-0.15, -0.1) is 0 Å². The number of aryl methyl sites for hydroxylation is 1. The summed E-state index contributed by atoms with van der Waals surface area (Å²) < 4.78 is 0. The summed E-state index contributed by atoms with van der Waals surface area (Å²) in [6, 6.07) is 10.4. The van der Waals surface area contributed by atoms with Gasteiger partial charge in [0.25, 0.3) is 0 Å². The van der Waals surface area contributed by atoms with Crippen LogP contribution in [0.15, 0.2) is 54.1 Å². The lowest BCUT2D eigenvalue weighted by atomic mass is 9.85. The van der Waals surface area contributed by atoms with Gasteiger partial charge in [-0.2, -0.15) is 0 Å². The number of hydrogen-bond acceptors (Lipinski definition) is 2. The average molecular weight is 328 g/mol. The molecule has 1 aromatic carbocycles. The highest BCUT2D eigenvalue weighted by atomic mass is 16.4. The Morgan fingerprint density at radius 2 is 2.04 bits per heavy atom. The maximum atomic E-state index is 10.8. The van der Waals surface area contributed by atoms with Gasteiger partial charge in [0.05, 0.1) is 6.10 Å². The smallest absolute Gasteiger partial charge is 0.328 e. The molecule has 3 heteroatoms. The number of allylic oxidation sites excluding steroid dienone is 2. The zero-order chi connectivity index (χ0) is 17.2. The van der Waals surface area contributed by atoms with Crippen molar-refractivity contribution in [2.45, 2.75) is 57.5 Å². The van der Waals surface area contributed by atoms with E-state index in [1.807, 2.05) is 12.1 Å². The van der Waals surface area contributed by atoms with Crippen LogP contribution in [0.25, 0.3) is 0 Å². The van der Waals surface area contributed by atoms with Gasteiger partial charge < -0.3 is 10.2 Å². The molecule has 1 aliphatic carbocycles. The van der Waals surface area contributed by atoms with Crippen molar-refractivity contribution in [3.05, 3.63) is 59.7 Å². The highest BCUT2D eigenvalue weighted by molar-refractivity contribution is 5.80. The second kappa shape index (κ2) is 10.1. The summed E-state index contributed by atoms with van der Waals surface area (Å²) in [4.78, 5) is 10.8. The number of carboxylic acid groups (broad SMARTS) is 1. The number of hydrogen-bond donors (Lipinski definition) is 2. The van der Waals surface area contributed by atoms with E-state index in [-0.39, 0.29) is 0 Å². The maximum absolute atomic E-state index is 10.8. The first-order valence-electron chi connectivity index (χ1n) is 8.96. The van der Waals surface area contributed by atoms with Crippen molar-refractivity contribution in [2.75, 3.05) is 0 Å². The van der Waals surface area contributed by atoms with Gasteiger partial charge in [-0.25, -0.2) is 4.79 Å². The van der Waals surface area contributed by atoms with Crippen molar-refractivity contribution in [3.8, 4) is 0 Å². The van der Waals surface area contributed by atoms with Crippen LogP contribution in [0.4, 0.5) is 0 Å². The van der Waals surface area contributed by atoms with Crippen LogP contribution in [0.2, 0.25) is 0 Å². The molecule has 0 saturated heterocycles. The van der Waals surface area contributed by atoms with Crippen LogP contribution in [0.1, 0.15) is 50.5 Å². The number of aliphatic hydroxyl groups excluding tert-OH is 1. The Bertz CT molecular complexity index is 560.